The molecule has 0 unspecified atom stereocenters. The van der Waals surface area contributed by atoms with Crippen LogP contribution in [0.1, 0.15) is 30.0 Å². The molecular formula is C10H14N4O2. The van der Waals surface area contributed by atoms with Crippen LogP contribution < -0.4 is 10.6 Å². The maximum Gasteiger partial charge on any atom is 0.272 e. The number of anilines is 1. The molecule has 0 saturated carbocycles. The van der Waals surface area contributed by atoms with Crippen LogP contribution in [-0.4, -0.2) is 27.6 Å². The minimum absolute atomic E-state index is 0.217. The Balaban J connectivity index is 2.56. The molecule has 0 fully saturated rings. The van der Waals surface area contributed by atoms with Crippen LogP contribution in [0.15, 0.2) is 0 Å². The summed E-state index contributed by atoms with van der Waals surface area (Å²) in [4.78, 5) is 23.5. The Labute approximate surface area is 93.0 Å². The average Bonchev–Trinajstić information content (AvgIpc) is 2.49. The number of carbonyl (C=O) groups is 2. The van der Waals surface area contributed by atoms with Crippen LogP contribution in [0.5, 0.6) is 0 Å². The number of nitrogens with zero attached hydrogens (tertiary/aromatic N) is 2. The van der Waals surface area contributed by atoms with Crippen LogP contribution in [-0.2, 0) is 11.3 Å². The van der Waals surface area contributed by atoms with Gasteiger partial charge in [0.2, 0.25) is 5.91 Å². The minimum atomic E-state index is -0.524. The number of amides is 2. The number of carbonyl (C=O) groups excluding carboxylic acids is 2. The highest BCUT2D eigenvalue weighted by Gasteiger charge is 2.29. The molecule has 6 heteroatoms. The summed E-state index contributed by atoms with van der Waals surface area (Å²) < 4.78 is 1.60. The molecule has 1 atom stereocenters. The largest absolute Gasteiger partial charge is 0.339 e. The molecule has 2 N–H and O–H groups in total. The number of aryl methyl sites for hydroxylation is 2. The second kappa shape index (κ2) is 3.62. The van der Waals surface area contributed by atoms with E-state index in [9.17, 15) is 9.59 Å². The molecular weight excluding hydrogens is 208 g/mol. The fourth-order valence-electron chi connectivity index (χ4n) is 1.75. The number of hydrogen-bond acceptors (Lipinski definition) is 3. The Kier molecular flexibility index (Phi) is 2.41. The molecule has 0 spiro atoms. The molecule has 1 aromatic rings. The van der Waals surface area contributed by atoms with Crippen LogP contribution in [0.25, 0.3) is 0 Å². The van der Waals surface area contributed by atoms with Crippen molar-refractivity contribution in [3.8, 4) is 0 Å². The van der Waals surface area contributed by atoms with Gasteiger partial charge in [0, 0.05) is 6.54 Å². The van der Waals surface area contributed by atoms with Gasteiger partial charge in [-0.25, -0.2) is 0 Å². The summed E-state index contributed by atoms with van der Waals surface area (Å²) in [6.07, 6.45) is 0. The molecule has 6 nitrogen and oxygen atoms in total. The van der Waals surface area contributed by atoms with Gasteiger partial charge in [-0.2, -0.15) is 5.10 Å². The van der Waals surface area contributed by atoms with Crippen molar-refractivity contribution in [2.45, 2.75) is 33.4 Å². The zero-order valence-electron chi connectivity index (χ0n) is 9.50. The first-order chi connectivity index (χ1) is 7.54. The molecule has 0 aliphatic carbocycles. The van der Waals surface area contributed by atoms with E-state index < -0.39 is 6.04 Å². The third-order valence-corrected chi connectivity index (χ3v) is 2.63. The van der Waals surface area contributed by atoms with Crippen molar-refractivity contribution in [1.82, 2.24) is 15.1 Å². The topological polar surface area (TPSA) is 76.0 Å². The van der Waals surface area contributed by atoms with Crippen molar-refractivity contribution in [2.24, 2.45) is 0 Å². The molecule has 16 heavy (non-hydrogen) atoms. The molecule has 0 saturated heterocycles. The second-order valence-corrected chi connectivity index (χ2v) is 3.81. The molecule has 0 aromatic carbocycles. The van der Waals surface area contributed by atoms with Gasteiger partial charge in [0.25, 0.3) is 5.91 Å². The number of hydrogen-bond donors (Lipinski definition) is 2. The highest BCUT2D eigenvalue weighted by molar-refractivity contribution is 6.09. The van der Waals surface area contributed by atoms with Crippen LogP contribution >= 0.6 is 0 Å². The smallest absolute Gasteiger partial charge is 0.272 e. The first-order valence-electron chi connectivity index (χ1n) is 5.23. The first-order valence-corrected chi connectivity index (χ1v) is 5.23. The molecule has 1 aliphatic rings. The third-order valence-electron chi connectivity index (χ3n) is 2.63. The zero-order chi connectivity index (χ0) is 11.9. The van der Waals surface area contributed by atoms with Gasteiger partial charge in [0.15, 0.2) is 0 Å². The summed E-state index contributed by atoms with van der Waals surface area (Å²) >= 11 is 0. The Morgan fingerprint density at radius 1 is 1.44 bits per heavy atom. The molecule has 0 radical (unpaired) electrons. The normalized spacial score (nSPS) is 19.8. The average molecular weight is 222 g/mol. The Hall–Kier alpha value is -1.85. The standard InChI is InChI=1S/C10H14N4O2/c1-4-14-8-7(5(2)13-14)12-9(15)6(3)11-10(8)16/h6H,4H2,1-3H3,(H,11,16)(H,12,15)/t6-/m0/s1. The fraction of sp³-hybridized carbons (Fsp3) is 0.500. The van der Waals surface area contributed by atoms with Gasteiger partial charge in [-0.15, -0.1) is 0 Å². The van der Waals surface area contributed by atoms with E-state index in [-0.39, 0.29) is 11.8 Å². The lowest BCUT2D eigenvalue weighted by atomic mass is 10.3. The van der Waals surface area contributed by atoms with Gasteiger partial charge < -0.3 is 10.6 Å². The number of fused-ring (bicyclic) bond motifs is 1. The van der Waals surface area contributed by atoms with Gasteiger partial charge in [0.1, 0.15) is 11.7 Å². The van der Waals surface area contributed by atoms with Crippen molar-refractivity contribution < 1.29 is 9.59 Å². The predicted molar refractivity (Wildman–Crippen MR) is 58.2 cm³/mol. The van der Waals surface area contributed by atoms with E-state index in [1.807, 2.05) is 6.92 Å². The summed E-state index contributed by atoms with van der Waals surface area (Å²) in [5, 5.41) is 9.55. The summed E-state index contributed by atoms with van der Waals surface area (Å²) in [6, 6.07) is -0.524. The van der Waals surface area contributed by atoms with E-state index in [1.54, 1.807) is 18.5 Å². The van der Waals surface area contributed by atoms with Crippen molar-refractivity contribution >= 4 is 17.5 Å². The lowest BCUT2D eigenvalue weighted by Gasteiger charge is -2.08. The SMILES string of the molecule is CCn1nc(C)c2c1C(=O)N[C@@H](C)C(=O)N2. The summed E-state index contributed by atoms with van der Waals surface area (Å²) in [7, 11) is 0. The van der Waals surface area contributed by atoms with E-state index in [0.717, 1.165) is 0 Å². The maximum atomic E-state index is 11.9. The predicted octanol–water partition coefficient (Wildman–Crippen LogP) is 0.282. The zero-order valence-corrected chi connectivity index (χ0v) is 9.50. The van der Waals surface area contributed by atoms with Crippen LogP contribution in [0, 0.1) is 6.92 Å². The highest BCUT2D eigenvalue weighted by Crippen LogP contribution is 2.22. The van der Waals surface area contributed by atoms with E-state index in [1.165, 1.54) is 0 Å². The number of nitrogens with one attached hydrogen (secondary N) is 2. The highest BCUT2D eigenvalue weighted by atomic mass is 16.2. The van der Waals surface area contributed by atoms with Crippen molar-refractivity contribution in [3.63, 3.8) is 0 Å². The maximum absolute atomic E-state index is 11.9. The van der Waals surface area contributed by atoms with Crippen LogP contribution in [0.4, 0.5) is 5.69 Å². The third kappa shape index (κ3) is 1.46. The molecule has 86 valence electrons. The van der Waals surface area contributed by atoms with Gasteiger partial charge in [-0.05, 0) is 20.8 Å². The van der Waals surface area contributed by atoms with Gasteiger partial charge >= 0.3 is 0 Å². The Morgan fingerprint density at radius 2 is 2.12 bits per heavy atom. The Morgan fingerprint density at radius 3 is 2.75 bits per heavy atom. The number of rotatable bonds is 1. The second-order valence-electron chi connectivity index (χ2n) is 3.81. The van der Waals surface area contributed by atoms with Crippen molar-refractivity contribution in [1.29, 1.82) is 0 Å². The van der Waals surface area contributed by atoms with E-state index in [0.29, 0.717) is 23.6 Å². The summed E-state index contributed by atoms with van der Waals surface area (Å²) in [6.45, 7) is 5.91. The molecule has 2 rings (SSSR count). The molecule has 0 bridgehead atoms. The monoisotopic (exact) mass is 222 g/mol. The first kappa shape index (κ1) is 10.7. The number of aromatic nitrogens is 2. The van der Waals surface area contributed by atoms with Crippen molar-refractivity contribution in [2.75, 3.05) is 5.32 Å². The van der Waals surface area contributed by atoms with E-state index in [4.69, 9.17) is 0 Å². The lowest BCUT2D eigenvalue weighted by Crippen LogP contribution is -2.39. The molecule has 2 amide bonds. The lowest BCUT2D eigenvalue weighted by molar-refractivity contribution is -0.117. The fourth-order valence-corrected chi connectivity index (χ4v) is 1.75. The Bertz CT molecular complexity index is 464. The molecule has 2 heterocycles. The molecule has 1 aromatic heterocycles. The minimum Gasteiger partial charge on any atom is -0.339 e. The van der Waals surface area contributed by atoms with Gasteiger partial charge in [0.05, 0.1) is 11.4 Å². The van der Waals surface area contributed by atoms with Crippen molar-refractivity contribution in [3.05, 3.63) is 11.4 Å². The van der Waals surface area contributed by atoms with E-state index in [2.05, 4.69) is 15.7 Å². The van der Waals surface area contributed by atoms with Crippen LogP contribution in [0.3, 0.4) is 0 Å². The molecule has 1 aliphatic heterocycles. The van der Waals surface area contributed by atoms with Crippen LogP contribution in [0.2, 0.25) is 0 Å². The summed E-state index contributed by atoms with van der Waals surface area (Å²) in [5.41, 5.74) is 1.61. The van der Waals surface area contributed by atoms with E-state index >= 15 is 0 Å². The van der Waals surface area contributed by atoms with Gasteiger partial charge in [-0.1, -0.05) is 0 Å². The van der Waals surface area contributed by atoms with Gasteiger partial charge in [-0.3, -0.25) is 14.3 Å². The quantitative estimate of drug-likeness (QED) is 0.716. The summed E-state index contributed by atoms with van der Waals surface area (Å²) in [5.74, 6) is -0.478.